The van der Waals surface area contributed by atoms with Crippen molar-refractivity contribution in [3.05, 3.63) is 16.0 Å². The van der Waals surface area contributed by atoms with E-state index in [9.17, 15) is 18.0 Å². The number of hydrogen-bond donors (Lipinski definition) is 1. The number of sulfonamides is 1. The number of primary sulfonamides is 1. The van der Waals surface area contributed by atoms with Gasteiger partial charge in [0.2, 0.25) is 10.0 Å². The zero-order valence-electron chi connectivity index (χ0n) is 11.3. The molecule has 0 aliphatic heterocycles. The lowest BCUT2D eigenvalue weighted by atomic mass is 10.2. The summed E-state index contributed by atoms with van der Waals surface area (Å²) < 4.78 is 32.3. The van der Waals surface area contributed by atoms with Crippen molar-refractivity contribution in [1.29, 1.82) is 0 Å². The van der Waals surface area contributed by atoms with Gasteiger partial charge in [-0.2, -0.15) is 0 Å². The van der Waals surface area contributed by atoms with E-state index in [2.05, 4.69) is 0 Å². The maximum atomic E-state index is 11.8. The molecule has 0 aliphatic rings. The van der Waals surface area contributed by atoms with Crippen molar-refractivity contribution < 1.29 is 27.5 Å². The summed E-state index contributed by atoms with van der Waals surface area (Å²) in [4.78, 5) is 23.6. The third-order valence-electron chi connectivity index (χ3n) is 2.31. The third-order valence-corrected chi connectivity index (χ3v) is 5.05. The minimum atomic E-state index is -4.14. The molecule has 20 heavy (non-hydrogen) atoms. The van der Waals surface area contributed by atoms with Gasteiger partial charge in [0.15, 0.2) is 0 Å². The number of carbonyl (C=O) groups excluding carboxylic acids is 2. The highest BCUT2D eigenvalue weighted by atomic mass is 32.2. The molecule has 0 unspecified atom stereocenters. The lowest BCUT2D eigenvalue weighted by Crippen LogP contribution is -2.16. The van der Waals surface area contributed by atoms with Crippen LogP contribution < -0.4 is 5.14 Å². The molecule has 1 aromatic rings. The molecule has 0 aromatic carbocycles. The van der Waals surface area contributed by atoms with Gasteiger partial charge >= 0.3 is 11.9 Å². The van der Waals surface area contributed by atoms with Gasteiger partial charge in [-0.15, -0.1) is 11.3 Å². The molecule has 1 rings (SSSR count). The molecule has 112 valence electrons. The highest BCUT2D eigenvalue weighted by Gasteiger charge is 2.31. The van der Waals surface area contributed by atoms with Crippen LogP contribution in [-0.2, 0) is 19.5 Å². The molecule has 1 heterocycles. The van der Waals surface area contributed by atoms with Crippen LogP contribution in [0, 0.1) is 6.92 Å². The van der Waals surface area contributed by atoms with E-state index >= 15 is 0 Å². The van der Waals surface area contributed by atoms with E-state index < -0.39 is 26.2 Å². The molecule has 0 fully saturated rings. The van der Waals surface area contributed by atoms with E-state index in [1.165, 1.54) is 6.92 Å². The van der Waals surface area contributed by atoms with E-state index in [1.54, 1.807) is 13.8 Å². The summed E-state index contributed by atoms with van der Waals surface area (Å²) in [7, 11) is -4.14. The van der Waals surface area contributed by atoms with Gasteiger partial charge in [0.25, 0.3) is 0 Å². The Balaban J connectivity index is 3.48. The van der Waals surface area contributed by atoms with Crippen LogP contribution in [0.5, 0.6) is 0 Å². The molecular formula is C11H15NO6S2. The summed E-state index contributed by atoms with van der Waals surface area (Å²) in [6.45, 7) is 4.86. The normalized spacial score (nSPS) is 11.2. The second kappa shape index (κ2) is 6.33. The summed E-state index contributed by atoms with van der Waals surface area (Å²) in [6.07, 6.45) is 0. The van der Waals surface area contributed by atoms with Crippen LogP contribution in [0.2, 0.25) is 0 Å². The Kier molecular flexibility index (Phi) is 5.26. The summed E-state index contributed by atoms with van der Waals surface area (Å²) in [6, 6.07) is 0. The smallest absolute Gasteiger partial charge is 0.348 e. The van der Waals surface area contributed by atoms with Gasteiger partial charge in [-0.05, 0) is 26.3 Å². The minimum absolute atomic E-state index is 0.0268. The fourth-order valence-electron chi connectivity index (χ4n) is 1.52. The van der Waals surface area contributed by atoms with Gasteiger partial charge < -0.3 is 9.47 Å². The Morgan fingerprint density at radius 3 is 2.10 bits per heavy atom. The molecule has 0 atom stereocenters. The molecule has 2 N–H and O–H groups in total. The van der Waals surface area contributed by atoms with Crippen molar-refractivity contribution in [3.63, 3.8) is 0 Å². The molecule has 7 nitrogen and oxygen atoms in total. The Bertz CT molecular complexity index is 632. The number of carbonyl (C=O) groups is 2. The quantitative estimate of drug-likeness (QED) is 0.811. The van der Waals surface area contributed by atoms with Gasteiger partial charge in [0.1, 0.15) is 9.09 Å². The summed E-state index contributed by atoms with van der Waals surface area (Å²) in [5.74, 6) is -1.53. The van der Waals surface area contributed by atoms with Crippen LogP contribution in [0.25, 0.3) is 0 Å². The molecule has 0 aliphatic carbocycles. The molecule has 0 bridgehead atoms. The average Bonchev–Trinajstić information content (AvgIpc) is 2.67. The second-order valence-electron chi connectivity index (χ2n) is 3.70. The molecule has 0 radical (unpaired) electrons. The zero-order valence-corrected chi connectivity index (χ0v) is 12.9. The predicted octanol–water partition coefficient (Wildman–Crippen LogP) is 1.06. The molecule has 0 spiro atoms. The van der Waals surface area contributed by atoms with Gasteiger partial charge in [0, 0.05) is 0 Å². The minimum Gasteiger partial charge on any atom is -0.462 e. The zero-order chi connectivity index (χ0) is 15.5. The predicted molar refractivity (Wildman–Crippen MR) is 72.3 cm³/mol. The van der Waals surface area contributed by atoms with Crippen LogP contribution in [0.15, 0.2) is 4.21 Å². The Morgan fingerprint density at radius 1 is 1.15 bits per heavy atom. The maximum absolute atomic E-state index is 11.8. The van der Waals surface area contributed by atoms with Crippen LogP contribution in [0.3, 0.4) is 0 Å². The fraction of sp³-hybridized carbons (Fsp3) is 0.455. The Hall–Kier alpha value is -1.45. The average molecular weight is 321 g/mol. The topological polar surface area (TPSA) is 113 Å². The molecule has 1 aromatic heterocycles. The molecule has 9 heteroatoms. The Labute approximate surface area is 120 Å². The molecule has 0 amide bonds. The molecule has 0 saturated heterocycles. The lowest BCUT2D eigenvalue weighted by molar-refractivity contribution is 0.0522. The van der Waals surface area contributed by atoms with Gasteiger partial charge in [-0.1, -0.05) is 0 Å². The summed E-state index contributed by atoms with van der Waals surface area (Å²) in [5, 5.41) is 5.07. The van der Waals surface area contributed by atoms with Crippen molar-refractivity contribution in [2.24, 2.45) is 5.14 Å². The van der Waals surface area contributed by atoms with Crippen molar-refractivity contribution in [2.45, 2.75) is 25.0 Å². The van der Waals surface area contributed by atoms with E-state index in [1.807, 2.05) is 0 Å². The van der Waals surface area contributed by atoms with Gasteiger partial charge in [0.05, 0.1) is 18.8 Å². The van der Waals surface area contributed by atoms with Crippen LogP contribution in [0.1, 0.15) is 39.4 Å². The largest absolute Gasteiger partial charge is 0.462 e. The van der Waals surface area contributed by atoms with Crippen LogP contribution >= 0.6 is 11.3 Å². The van der Waals surface area contributed by atoms with E-state index in [4.69, 9.17) is 14.6 Å². The number of hydrogen-bond acceptors (Lipinski definition) is 7. The summed E-state index contributed by atoms with van der Waals surface area (Å²) in [5.41, 5.74) is -0.0154. The number of thiophene rings is 1. The fourth-order valence-corrected chi connectivity index (χ4v) is 3.68. The van der Waals surface area contributed by atoms with Gasteiger partial charge in [-0.25, -0.2) is 23.1 Å². The maximum Gasteiger partial charge on any atom is 0.348 e. The van der Waals surface area contributed by atoms with Crippen LogP contribution in [0.4, 0.5) is 0 Å². The third kappa shape index (κ3) is 3.35. The number of ether oxygens (including phenoxy) is 2. The van der Waals surface area contributed by atoms with Gasteiger partial charge in [-0.3, -0.25) is 0 Å². The monoisotopic (exact) mass is 321 g/mol. The van der Waals surface area contributed by atoms with Crippen molar-refractivity contribution >= 4 is 33.3 Å². The number of esters is 2. The first-order valence-electron chi connectivity index (χ1n) is 5.74. The van der Waals surface area contributed by atoms with Crippen LogP contribution in [-0.4, -0.2) is 33.6 Å². The highest BCUT2D eigenvalue weighted by Crippen LogP contribution is 2.32. The number of nitrogens with two attached hydrogens (primary N) is 1. The van der Waals surface area contributed by atoms with E-state index in [0.29, 0.717) is 11.3 Å². The first-order chi connectivity index (χ1) is 9.23. The first kappa shape index (κ1) is 16.6. The van der Waals surface area contributed by atoms with Crippen molar-refractivity contribution in [2.75, 3.05) is 13.2 Å². The first-order valence-corrected chi connectivity index (χ1v) is 8.10. The second-order valence-corrected chi connectivity index (χ2v) is 6.48. The lowest BCUT2D eigenvalue weighted by Gasteiger charge is -2.03. The van der Waals surface area contributed by atoms with Crippen molar-refractivity contribution in [1.82, 2.24) is 0 Å². The standard InChI is InChI=1S/C11H15NO6S2/c1-4-17-9(13)7-6(3)8(10(14)18-5-2)19-11(7)20(12,15)16/h4-5H2,1-3H3,(H2,12,15,16). The molecular weight excluding hydrogens is 306 g/mol. The Morgan fingerprint density at radius 2 is 1.65 bits per heavy atom. The van der Waals surface area contributed by atoms with E-state index in [-0.39, 0.29) is 29.2 Å². The SMILES string of the molecule is CCOC(=O)c1sc(S(N)(=O)=O)c(C(=O)OCC)c1C. The van der Waals surface area contributed by atoms with E-state index in [0.717, 1.165) is 0 Å². The number of rotatable bonds is 5. The molecule has 0 saturated carbocycles. The highest BCUT2D eigenvalue weighted by molar-refractivity contribution is 7.91. The van der Waals surface area contributed by atoms with Crippen molar-refractivity contribution in [3.8, 4) is 0 Å². The summed E-state index contributed by atoms with van der Waals surface area (Å²) >= 11 is 0.607.